The Morgan fingerprint density at radius 1 is 1.33 bits per heavy atom. The summed E-state index contributed by atoms with van der Waals surface area (Å²) in [5.74, 6) is 0.688. The smallest absolute Gasteiger partial charge is 0.320 e. The summed E-state index contributed by atoms with van der Waals surface area (Å²) in [5, 5.41) is 8.83. The molecule has 100 valence electrons. The first-order chi connectivity index (χ1) is 8.54. The van der Waals surface area contributed by atoms with Crippen LogP contribution in [-0.2, 0) is 4.79 Å². The highest BCUT2D eigenvalue weighted by molar-refractivity contribution is 5.72. The van der Waals surface area contributed by atoms with Gasteiger partial charge in [-0.25, -0.2) is 0 Å². The summed E-state index contributed by atoms with van der Waals surface area (Å²) < 4.78 is 10.6. The minimum absolute atomic E-state index is 0.445. The van der Waals surface area contributed by atoms with Crippen molar-refractivity contribution < 1.29 is 19.4 Å². The van der Waals surface area contributed by atoms with Crippen LogP contribution in [0.1, 0.15) is 6.92 Å². The Morgan fingerprint density at radius 3 is 2.39 bits per heavy atom. The molecule has 0 aliphatic carbocycles. The number of carboxylic acid groups (broad SMARTS) is 1. The lowest BCUT2D eigenvalue weighted by molar-refractivity contribution is -0.142. The second-order valence-electron chi connectivity index (χ2n) is 4.02. The van der Waals surface area contributed by atoms with Crippen molar-refractivity contribution in [1.29, 1.82) is 0 Å². The zero-order valence-electron chi connectivity index (χ0n) is 10.9. The van der Waals surface area contributed by atoms with Crippen LogP contribution in [0.5, 0.6) is 11.5 Å². The molecule has 0 radical (unpaired) electrons. The molecule has 0 aliphatic rings. The van der Waals surface area contributed by atoms with Crippen LogP contribution < -0.4 is 9.47 Å². The van der Waals surface area contributed by atoms with E-state index >= 15 is 0 Å². The van der Waals surface area contributed by atoms with Crippen molar-refractivity contribution in [3.63, 3.8) is 0 Å². The summed E-state index contributed by atoms with van der Waals surface area (Å²) in [7, 11) is 3.37. The molecule has 1 atom stereocenters. The summed E-state index contributed by atoms with van der Waals surface area (Å²) >= 11 is 0. The Bertz CT molecular complexity index is 377. The fourth-order valence-electron chi connectivity index (χ4n) is 1.36. The van der Waals surface area contributed by atoms with Gasteiger partial charge in [0.2, 0.25) is 0 Å². The third kappa shape index (κ3) is 4.25. The van der Waals surface area contributed by atoms with Gasteiger partial charge in [0.15, 0.2) is 0 Å². The fourth-order valence-corrected chi connectivity index (χ4v) is 1.36. The van der Waals surface area contributed by atoms with Crippen molar-refractivity contribution in [3.05, 3.63) is 24.3 Å². The molecule has 0 heterocycles. The topological polar surface area (TPSA) is 59.0 Å². The minimum atomic E-state index is -0.832. The molecule has 0 spiro atoms. The van der Waals surface area contributed by atoms with Crippen LogP contribution in [0, 0.1) is 0 Å². The summed E-state index contributed by atoms with van der Waals surface area (Å²) in [6.45, 7) is 2.65. The van der Waals surface area contributed by atoms with Gasteiger partial charge in [0.1, 0.15) is 24.1 Å². The van der Waals surface area contributed by atoms with Crippen molar-refractivity contribution in [2.75, 3.05) is 27.3 Å². The van der Waals surface area contributed by atoms with Crippen LogP contribution in [0.15, 0.2) is 24.3 Å². The van der Waals surface area contributed by atoms with Gasteiger partial charge < -0.3 is 14.6 Å². The van der Waals surface area contributed by atoms with Crippen LogP contribution in [0.25, 0.3) is 0 Å². The second-order valence-corrected chi connectivity index (χ2v) is 4.02. The number of hydrogen-bond acceptors (Lipinski definition) is 4. The van der Waals surface area contributed by atoms with Crippen LogP contribution >= 0.6 is 0 Å². The van der Waals surface area contributed by atoms with Crippen molar-refractivity contribution in [1.82, 2.24) is 4.90 Å². The van der Waals surface area contributed by atoms with E-state index in [9.17, 15) is 4.79 Å². The molecule has 0 aliphatic heterocycles. The lowest BCUT2D eigenvalue weighted by atomic mass is 10.3. The van der Waals surface area contributed by atoms with E-state index in [0.29, 0.717) is 13.2 Å². The third-order valence-corrected chi connectivity index (χ3v) is 2.79. The maximum absolute atomic E-state index is 10.7. The van der Waals surface area contributed by atoms with E-state index in [1.807, 2.05) is 24.3 Å². The van der Waals surface area contributed by atoms with Crippen LogP contribution in [-0.4, -0.2) is 49.3 Å². The normalized spacial score (nSPS) is 12.2. The van der Waals surface area contributed by atoms with E-state index in [1.54, 1.807) is 26.0 Å². The maximum atomic E-state index is 10.7. The molecule has 1 N–H and O–H groups in total. The van der Waals surface area contributed by atoms with Gasteiger partial charge in [-0.3, -0.25) is 9.69 Å². The fraction of sp³-hybridized carbons (Fsp3) is 0.462. The van der Waals surface area contributed by atoms with Gasteiger partial charge in [-0.1, -0.05) is 0 Å². The Labute approximate surface area is 107 Å². The molecule has 0 saturated heterocycles. The molecule has 1 aromatic carbocycles. The molecule has 18 heavy (non-hydrogen) atoms. The van der Waals surface area contributed by atoms with Crippen LogP contribution in [0.4, 0.5) is 0 Å². The molecule has 5 nitrogen and oxygen atoms in total. The lowest BCUT2D eigenvalue weighted by Gasteiger charge is -2.20. The molecule has 0 fully saturated rings. The average Bonchev–Trinajstić information content (AvgIpc) is 2.38. The van der Waals surface area contributed by atoms with Crippen molar-refractivity contribution in [2.45, 2.75) is 13.0 Å². The van der Waals surface area contributed by atoms with Gasteiger partial charge >= 0.3 is 5.97 Å². The molecule has 1 unspecified atom stereocenters. The minimum Gasteiger partial charge on any atom is -0.497 e. The van der Waals surface area contributed by atoms with Crippen molar-refractivity contribution in [3.8, 4) is 11.5 Å². The number of ether oxygens (including phenoxy) is 2. The van der Waals surface area contributed by atoms with E-state index in [0.717, 1.165) is 11.5 Å². The number of carboxylic acids is 1. The Hall–Kier alpha value is -1.75. The number of hydrogen-bond donors (Lipinski definition) is 1. The molecular weight excluding hydrogens is 234 g/mol. The quantitative estimate of drug-likeness (QED) is 0.797. The highest BCUT2D eigenvalue weighted by atomic mass is 16.5. The van der Waals surface area contributed by atoms with Gasteiger partial charge in [0.25, 0.3) is 0 Å². The Balaban J connectivity index is 2.34. The lowest BCUT2D eigenvalue weighted by Crippen LogP contribution is -2.38. The van der Waals surface area contributed by atoms with Gasteiger partial charge in [-0.15, -0.1) is 0 Å². The molecule has 0 amide bonds. The zero-order chi connectivity index (χ0) is 13.5. The standard InChI is InChI=1S/C13H19NO4/c1-10(13(15)16)14(2)8-9-18-12-6-4-11(17-3)5-7-12/h4-7,10H,8-9H2,1-3H3,(H,15,16). The van der Waals surface area contributed by atoms with Gasteiger partial charge in [0, 0.05) is 6.54 Å². The zero-order valence-corrected chi connectivity index (χ0v) is 10.9. The largest absolute Gasteiger partial charge is 0.497 e. The van der Waals surface area contributed by atoms with E-state index in [4.69, 9.17) is 14.6 Å². The molecule has 1 rings (SSSR count). The van der Waals surface area contributed by atoms with Crippen LogP contribution in [0.2, 0.25) is 0 Å². The summed E-state index contributed by atoms with van der Waals surface area (Å²) in [6.07, 6.45) is 0. The number of likely N-dealkylation sites (N-methyl/N-ethyl adjacent to an activating group) is 1. The number of carbonyl (C=O) groups is 1. The number of rotatable bonds is 7. The molecule has 0 saturated carbocycles. The van der Waals surface area contributed by atoms with Crippen molar-refractivity contribution >= 4 is 5.97 Å². The summed E-state index contributed by atoms with van der Waals surface area (Å²) in [5.41, 5.74) is 0. The summed E-state index contributed by atoms with van der Waals surface area (Å²) in [6, 6.07) is 6.76. The average molecular weight is 253 g/mol. The first-order valence-electron chi connectivity index (χ1n) is 5.74. The monoisotopic (exact) mass is 253 g/mol. The Kier molecular flexibility index (Phi) is 5.45. The van der Waals surface area contributed by atoms with E-state index in [2.05, 4.69) is 0 Å². The summed E-state index contributed by atoms with van der Waals surface area (Å²) in [4.78, 5) is 12.5. The highest BCUT2D eigenvalue weighted by Crippen LogP contribution is 2.16. The first kappa shape index (κ1) is 14.3. The molecular formula is C13H19NO4. The van der Waals surface area contributed by atoms with Gasteiger partial charge in [-0.2, -0.15) is 0 Å². The molecule has 1 aromatic rings. The van der Waals surface area contributed by atoms with Crippen LogP contribution in [0.3, 0.4) is 0 Å². The van der Waals surface area contributed by atoms with E-state index in [1.165, 1.54) is 0 Å². The number of methoxy groups -OCH3 is 1. The second kappa shape index (κ2) is 6.86. The maximum Gasteiger partial charge on any atom is 0.320 e. The predicted octanol–water partition coefficient (Wildman–Crippen LogP) is 1.48. The van der Waals surface area contributed by atoms with Gasteiger partial charge in [0.05, 0.1) is 7.11 Å². The first-order valence-corrected chi connectivity index (χ1v) is 5.74. The number of aliphatic carboxylic acids is 1. The predicted molar refractivity (Wildman–Crippen MR) is 68.2 cm³/mol. The third-order valence-electron chi connectivity index (χ3n) is 2.79. The highest BCUT2D eigenvalue weighted by Gasteiger charge is 2.15. The van der Waals surface area contributed by atoms with Gasteiger partial charge in [-0.05, 0) is 38.2 Å². The number of nitrogens with zero attached hydrogens (tertiary/aromatic N) is 1. The SMILES string of the molecule is COc1ccc(OCCN(C)C(C)C(=O)O)cc1. The van der Waals surface area contributed by atoms with E-state index < -0.39 is 12.0 Å². The Morgan fingerprint density at radius 2 is 1.89 bits per heavy atom. The molecule has 0 bridgehead atoms. The molecule has 0 aromatic heterocycles. The molecule has 5 heteroatoms. The number of benzene rings is 1. The van der Waals surface area contributed by atoms with E-state index in [-0.39, 0.29) is 0 Å². The van der Waals surface area contributed by atoms with Crippen molar-refractivity contribution in [2.24, 2.45) is 0 Å².